The molecule has 0 radical (unpaired) electrons. The Hall–Kier alpha value is -4.61. The van der Waals surface area contributed by atoms with E-state index in [0.717, 1.165) is 4.90 Å². The monoisotopic (exact) mass is 602 g/mol. The Morgan fingerprint density at radius 2 is 1.66 bits per heavy atom. The van der Waals surface area contributed by atoms with Gasteiger partial charge in [0.25, 0.3) is 0 Å². The first-order valence-corrected chi connectivity index (χ1v) is 12.3. The lowest BCUT2D eigenvalue weighted by Crippen LogP contribution is -2.39. The van der Waals surface area contributed by atoms with Crippen molar-refractivity contribution in [3.8, 4) is 5.75 Å². The van der Waals surface area contributed by atoms with Crippen LogP contribution in [-0.4, -0.2) is 51.4 Å². The molecular formula is C28H28Cl2N4O7. The van der Waals surface area contributed by atoms with Gasteiger partial charge in [0, 0.05) is 17.5 Å². The molecule has 41 heavy (non-hydrogen) atoms. The van der Waals surface area contributed by atoms with Gasteiger partial charge in [0.2, 0.25) is 5.91 Å². The van der Waals surface area contributed by atoms with Crippen LogP contribution >= 0.6 is 24.0 Å². The first-order chi connectivity index (χ1) is 18.9. The number of carboxylic acid groups (broad SMARTS) is 2. The summed E-state index contributed by atoms with van der Waals surface area (Å²) in [5.74, 6) is -3.98. The molecule has 3 aromatic carbocycles. The fourth-order valence-electron chi connectivity index (χ4n) is 3.87. The minimum Gasteiger partial charge on any atom is -0.480 e. The molecule has 0 spiro atoms. The molecule has 0 heterocycles. The number of esters is 1. The fraction of sp³-hybridized carbons (Fsp3) is 0.179. The third-order valence-corrected chi connectivity index (χ3v) is 6.08. The molecule has 0 bridgehead atoms. The maximum atomic E-state index is 13.2. The maximum Gasteiger partial charge on any atom is 0.343 e. The summed E-state index contributed by atoms with van der Waals surface area (Å²) in [6.45, 7) is 1.00. The number of aliphatic carboxylic acids is 1. The van der Waals surface area contributed by atoms with E-state index in [9.17, 15) is 29.4 Å². The van der Waals surface area contributed by atoms with Crippen LogP contribution in [0.3, 0.4) is 0 Å². The summed E-state index contributed by atoms with van der Waals surface area (Å²) in [4.78, 5) is 53.4. The molecule has 1 unspecified atom stereocenters. The number of rotatable bonds is 11. The van der Waals surface area contributed by atoms with Gasteiger partial charge in [-0.2, -0.15) is 0 Å². The van der Waals surface area contributed by atoms with Gasteiger partial charge in [-0.3, -0.25) is 9.59 Å². The summed E-state index contributed by atoms with van der Waals surface area (Å²) in [6.07, 6.45) is 0.184. The lowest BCUT2D eigenvalue weighted by Gasteiger charge is -2.25. The summed E-state index contributed by atoms with van der Waals surface area (Å²) in [6, 6.07) is 16.7. The predicted molar refractivity (Wildman–Crippen MR) is 155 cm³/mol. The highest BCUT2D eigenvalue weighted by Gasteiger charge is 2.24. The van der Waals surface area contributed by atoms with Gasteiger partial charge in [-0.1, -0.05) is 36.7 Å². The van der Waals surface area contributed by atoms with Gasteiger partial charge in [-0.15, -0.1) is 12.4 Å². The molecule has 0 aliphatic heterocycles. The number of benzene rings is 3. The van der Waals surface area contributed by atoms with E-state index < -0.39 is 36.3 Å². The number of nitrogens with zero attached hydrogens (tertiary/aromatic N) is 2. The second-order valence-electron chi connectivity index (χ2n) is 8.93. The van der Waals surface area contributed by atoms with E-state index in [1.165, 1.54) is 42.5 Å². The Bertz CT molecular complexity index is 1460. The summed E-state index contributed by atoms with van der Waals surface area (Å²) >= 11 is 6.41. The van der Waals surface area contributed by atoms with E-state index in [4.69, 9.17) is 27.8 Å². The van der Waals surface area contributed by atoms with Crippen LogP contribution in [0.4, 0.5) is 5.69 Å². The van der Waals surface area contributed by atoms with Crippen LogP contribution < -0.4 is 16.2 Å². The summed E-state index contributed by atoms with van der Waals surface area (Å²) in [5.41, 5.74) is 12.5. The van der Waals surface area contributed by atoms with Crippen molar-refractivity contribution in [2.45, 2.75) is 19.9 Å². The van der Waals surface area contributed by atoms with Crippen LogP contribution in [0.15, 0.2) is 71.7 Å². The highest BCUT2D eigenvalue weighted by molar-refractivity contribution is 6.31. The molecule has 3 rings (SSSR count). The number of carbonyl (C=O) groups is 4. The third kappa shape index (κ3) is 9.52. The number of aliphatic imine (C=N–C) groups is 1. The van der Waals surface area contributed by atoms with Crippen LogP contribution in [0, 0.1) is 5.92 Å². The molecular weight excluding hydrogens is 575 g/mol. The van der Waals surface area contributed by atoms with E-state index in [1.807, 2.05) is 0 Å². The van der Waals surface area contributed by atoms with Crippen molar-refractivity contribution in [1.29, 1.82) is 0 Å². The van der Waals surface area contributed by atoms with Crippen molar-refractivity contribution in [3.05, 3.63) is 94.0 Å². The molecule has 0 aromatic heterocycles. The number of hydrogen-bond donors (Lipinski definition) is 4. The molecule has 0 saturated carbocycles. The molecule has 0 fully saturated rings. The Labute approximate surface area is 246 Å². The number of nitrogens with two attached hydrogens (primary N) is 2. The Kier molecular flexibility index (Phi) is 11.7. The molecule has 0 aliphatic rings. The van der Waals surface area contributed by atoms with E-state index in [1.54, 1.807) is 31.2 Å². The van der Waals surface area contributed by atoms with Gasteiger partial charge in [-0.05, 0) is 66.1 Å². The second-order valence-corrected chi connectivity index (χ2v) is 9.33. The van der Waals surface area contributed by atoms with E-state index in [-0.39, 0.29) is 53.2 Å². The van der Waals surface area contributed by atoms with E-state index in [0.29, 0.717) is 16.8 Å². The number of aromatic carboxylic acids is 1. The summed E-state index contributed by atoms with van der Waals surface area (Å²) in [5, 5.41) is 18.8. The van der Waals surface area contributed by atoms with Gasteiger partial charge in [0.15, 0.2) is 5.96 Å². The van der Waals surface area contributed by atoms with Crippen LogP contribution in [0.5, 0.6) is 5.75 Å². The smallest absolute Gasteiger partial charge is 0.343 e. The van der Waals surface area contributed by atoms with Crippen LogP contribution in [0.2, 0.25) is 5.02 Å². The second kappa shape index (κ2) is 14.7. The predicted octanol–water partition coefficient (Wildman–Crippen LogP) is 3.88. The van der Waals surface area contributed by atoms with Crippen molar-refractivity contribution in [2.75, 3.05) is 6.54 Å². The number of amides is 1. The van der Waals surface area contributed by atoms with Crippen molar-refractivity contribution < 1.29 is 34.1 Å². The van der Waals surface area contributed by atoms with E-state index in [2.05, 4.69) is 4.99 Å². The van der Waals surface area contributed by atoms with E-state index >= 15 is 0 Å². The molecule has 13 heteroatoms. The maximum absolute atomic E-state index is 13.2. The minimum absolute atomic E-state index is 0. The van der Waals surface area contributed by atoms with Crippen molar-refractivity contribution in [2.24, 2.45) is 22.4 Å². The minimum atomic E-state index is -1.20. The first-order valence-electron chi connectivity index (χ1n) is 12.0. The molecule has 1 amide bonds. The van der Waals surface area contributed by atoms with Crippen LogP contribution in [0.25, 0.3) is 0 Å². The first kappa shape index (κ1) is 32.6. The SMILES string of the molecule is CC(Cc1ccc(OC(=O)c2ccc(N=C(N)N)cc2)cc1Cl)C(=O)N(CC(=O)O)Cc1cccc(C(=O)O)c1.Cl. The molecule has 0 aliphatic carbocycles. The highest BCUT2D eigenvalue weighted by atomic mass is 35.5. The highest BCUT2D eigenvalue weighted by Crippen LogP contribution is 2.26. The Morgan fingerprint density at radius 3 is 2.24 bits per heavy atom. The average Bonchev–Trinajstić information content (AvgIpc) is 2.89. The Morgan fingerprint density at radius 1 is 0.976 bits per heavy atom. The average molecular weight is 603 g/mol. The number of carboxylic acids is 2. The number of carbonyl (C=O) groups excluding carboxylic acids is 2. The molecule has 216 valence electrons. The fourth-order valence-corrected chi connectivity index (χ4v) is 4.12. The van der Waals surface area contributed by atoms with Gasteiger partial charge >= 0.3 is 17.9 Å². The lowest BCUT2D eigenvalue weighted by atomic mass is 9.99. The molecule has 0 saturated heterocycles. The molecule has 3 aromatic rings. The van der Waals surface area contributed by atoms with Crippen molar-refractivity contribution >= 4 is 59.5 Å². The quantitative estimate of drug-likeness (QED) is 0.109. The zero-order chi connectivity index (χ0) is 29.4. The van der Waals surface area contributed by atoms with Gasteiger partial charge < -0.3 is 31.3 Å². The van der Waals surface area contributed by atoms with Gasteiger partial charge in [0.05, 0.1) is 16.8 Å². The zero-order valence-electron chi connectivity index (χ0n) is 21.8. The zero-order valence-corrected chi connectivity index (χ0v) is 23.4. The summed E-state index contributed by atoms with van der Waals surface area (Å²) in [7, 11) is 0. The largest absolute Gasteiger partial charge is 0.480 e. The number of ether oxygens (including phenoxy) is 1. The standard InChI is InChI=1S/C28H27ClN4O7.ClH/c1-16(25(36)33(15-24(34)35)14-17-3-2-4-20(12-17)26(37)38)11-19-7-10-22(13-23(19)29)40-27(39)18-5-8-21(9-6-18)32-28(30)31;/h2-10,12-13,16H,11,14-15H2,1H3,(H,34,35)(H,37,38)(H4,30,31,32);1H. The topological polar surface area (TPSA) is 186 Å². The van der Waals surface area contributed by atoms with Crippen LogP contribution in [0.1, 0.15) is 38.8 Å². The molecule has 11 nitrogen and oxygen atoms in total. The number of halogens is 2. The Balaban J connectivity index is 0.00000588. The molecule has 6 N–H and O–H groups in total. The van der Waals surface area contributed by atoms with Gasteiger partial charge in [0.1, 0.15) is 12.3 Å². The third-order valence-electron chi connectivity index (χ3n) is 5.73. The van der Waals surface area contributed by atoms with Crippen molar-refractivity contribution in [3.63, 3.8) is 0 Å². The van der Waals surface area contributed by atoms with Crippen LogP contribution in [-0.2, 0) is 22.6 Å². The number of guanidine groups is 1. The number of hydrogen-bond acceptors (Lipinski definition) is 6. The molecule has 1 atom stereocenters. The van der Waals surface area contributed by atoms with Gasteiger partial charge in [-0.25, -0.2) is 14.6 Å². The normalized spacial score (nSPS) is 11.0. The summed E-state index contributed by atoms with van der Waals surface area (Å²) < 4.78 is 5.39. The van der Waals surface area contributed by atoms with Crippen molar-refractivity contribution in [1.82, 2.24) is 4.90 Å². The lowest BCUT2D eigenvalue weighted by molar-refractivity contribution is -0.146.